The van der Waals surface area contributed by atoms with Crippen LogP contribution in [0.4, 0.5) is 0 Å². The van der Waals surface area contributed by atoms with Crippen molar-refractivity contribution in [1.29, 1.82) is 0 Å². The molecule has 0 spiro atoms. The highest BCUT2D eigenvalue weighted by Gasteiger charge is 2.21. The number of benzene rings is 1. The second kappa shape index (κ2) is 5.21. The summed E-state index contributed by atoms with van der Waals surface area (Å²) in [6, 6.07) is 10.3. The predicted molar refractivity (Wildman–Crippen MR) is 63.8 cm³/mol. The summed E-state index contributed by atoms with van der Waals surface area (Å²) < 4.78 is 0. The van der Waals surface area contributed by atoms with Crippen LogP contribution in [0.25, 0.3) is 0 Å². The monoisotopic (exact) mass is 221 g/mol. The summed E-state index contributed by atoms with van der Waals surface area (Å²) in [6.45, 7) is 0. The van der Waals surface area contributed by atoms with E-state index >= 15 is 0 Å². The Morgan fingerprint density at radius 1 is 1.20 bits per heavy atom. The second-order valence-corrected chi connectivity index (χ2v) is 5.03. The molecule has 80 valence electrons. The van der Waals surface area contributed by atoms with Crippen LogP contribution >= 0.6 is 11.8 Å². The quantitative estimate of drug-likeness (QED) is 0.612. The molecule has 1 aliphatic carbocycles. The van der Waals surface area contributed by atoms with Crippen molar-refractivity contribution < 1.29 is 5.21 Å². The number of thioether (sulfide) groups is 1. The van der Waals surface area contributed by atoms with Gasteiger partial charge in [0.1, 0.15) is 0 Å². The zero-order valence-corrected chi connectivity index (χ0v) is 9.41. The van der Waals surface area contributed by atoms with Crippen molar-refractivity contribution in [3.63, 3.8) is 0 Å². The Morgan fingerprint density at radius 3 is 2.73 bits per heavy atom. The first-order valence-corrected chi connectivity index (χ1v) is 6.20. The van der Waals surface area contributed by atoms with Crippen LogP contribution in [-0.2, 0) is 0 Å². The van der Waals surface area contributed by atoms with Crippen LogP contribution in [-0.4, -0.2) is 16.2 Å². The molecule has 1 saturated carbocycles. The predicted octanol–water partition coefficient (Wildman–Crippen LogP) is 3.55. The molecule has 2 rings (SSSR count). The van der Waals surface area contributed by atoms with Gasteiger partial charge in [0, 0.05) is 4.90 Å². The molecule has 0 radical (unpaired) electrons. The first kappa shape index (κ1) is 10.6. The summed E-state index contributed by atoms with van der Waals surface area (Å²) in [5.74, 6) is 0. The molecule has 1 N–H and O–H groups in total. The van der Waals surface area contributed by atoms with E-state index in [9.17, 15) is 0 Å². The fourth-order valence-corrected chi connectivity index (χ4v) is 3.10. The van der Waals surface area contributed by atoms with Gasteiger partial charge in [-0.1, -0.05) is 29.8 Å². The van der Waals surface area contributed by atoms with E-state index in [1.165, 1.54) is 11.3 Å². The van der Waals surface area contributed by atoms with E-state index in [1.807, 2.05) is 18.2 Å². The summed E-state index contributed by atoms with van der Waals surface area (Å²) in [5, 5.41) is 12.7. The zero-order chi connectivity index (χ0) is 10.5. The Balaban J connectivity index is 2.04. The third-order valence-corrected chi connectivity index (χ3v) is 4.01. The molecule has 0 bridgehead atoms. The van der Waals surface area contributed by atoms with Crippen molar-refractivity contribution in [2.75, 3.05) is 0 Å². The molecule has 1 atom stereocenters. The Kier molecular flexibility index (Phi) is 3.67. The Labute approximate surface area is 94.4 Å². The van der Waals surface area contributed by atoms with Gasteiger partial charge in [0.15, 0.2) is 0 Å². The normalized spacial score (nSPS) is 24.3. The molecule has 0 saturated heterocycles. The molecule has 1 aliphatic rings. The average molecular weight is 221 g/mol. The number of rotatable bonds is 2. The van der Waals surface area contributed by atoms with Crippen LogP contribution < -0.4 is 0 Å². The number of hydrogen-bond donors (Lipinski definition) is 1. The van der Waals surface area contributed by atoms with Gasteiger partial charge in [-0.3, -0.25) is 0 Å². The summed E-state index contributed by atoms with van der Waals surface area (Å²) in [7, 11) is 0. The van der Waals surface area contributed by atoms with Gasteiger partial charge in [0.05, 0.1) is 11.0 Å². The first-order chi connectivity index (χ1) is 7.40. The topological polar surface area (TPSA) is 32.6 Å². The SMILES string of the molecule is O/N=C1\CCCCC1Sc1ccccc1. The molecule has 0 heterocycles. The van der Waals surface area contributed by atoms with Crippen LogP contribution in [0, 0.1) is 0 Å². The third kappa shape index (κ3) is 2.75. The molecule has 2 nitrogen and oxygen atoms in total. The maximum atomic E-state index is 8.91. The molecule has 0 aliphatic heterocycles. The Bertz CT molecular complexity index is 337. The molecule has 3 heteroatoms. The van der Waals surface area contributed by atoms with Gasteiger partial charge in [-0.2, -0.15) is 0 Å². The van der Waals surface area contributed by atoms with Gasteiger partial charge in [0.2, 0.25) is 0 Å². The summed E-state index contributed by atoms with van der Waals surface area (Å²) >= 11 is 1.81. The van der Waals surface area contributed by atoms with Gasteiger partial charge in [-0.15, -0.1) is 11.8 Å². The largest absolute Gasteiger partial charge is 0.411 e. The van der Waals surface area contributed by atoms with Crippen LogP contribution in [0.3, 0.4) is 0 Å². The average Bonchev–Trinajstić information content (AvgIpc) is 2.31. The van der Waals surface area contributed by atoms with Crippen LogP contribution in [0.1, 0.15) is 25.7 Å². The molecule has 1 aromatic carbocycles. The van der Waals surface area contributed by atoms with Crippen LogP contribution in [0.15, 0.2) is 40.4 Å². The van der Waals surface area contributed by atoms with Gasteiger partial charge < -0.3 is 5.21 Å². The molecule has 0 amide bonds. The van der Waals surface area contributed by atoms with Crippen LogP contribution in [0.2, 0.25) is 0 Å². The molecule has 15 heavy (non-hydrogen) atoms. The Morgan fingerprint density at radius 2 is 2.00 bits per heavy atom. The molecular formula is C12H15NOS. The molecular weight excluding hydrogens is 206 g/mol. The smallest absolute Gasteiger partial charge is 0.0704 e. The van der Waals surface area contributed by atoms with Crippen molar-refractivity contribution in [3.8, 4) is 0 Å². The lowest BCUT2D eigenvalue weighted by atomic mass is 9.98. The first-order valence-electron chi connectivity index (χ1n) is 5.32. The van der Waals surface area contributed by atoms with Gasteiger partial charge in [0.25, 0.3) is 0 Å². The second-order valence-electron chi connectivity index (χ2n) is 3.76. The minimum Gasteiger partial charge on any atom is -0.411 e. The van der Waals surface area contributed by atoms with E-state index in [2.05, 4.69) is 17.3 Å². The Hall–Kier alpha value is -0.960. The maximum absolute atomic E-state index is 8.91. The molecule has 1 aromatic rings. The standard InChI is InChI=1S/C12H15NOS/c14-13-11-8-4-5-9-12(11)15-10-6-2-1-3-7-10/h1-3,6-7,12,14H,4-5,8-9H2/b13-11+. The summed E-state index contributed by atoms with van der Waals surface area (Å²) in [4.78, 5) is 1.26. The van der Waals surface area contributed by atoms with Crippen LogP contribution in [0.5, 0.6) is 0 Å². The van der Waals surface area contributed by atoms with E-state index < -0.39 is 0 Å². The highest BCUT2D eigenvalue weighted by atomic mass is 32.2. The van der Waals surface area contributed by atoms with Gasteiger partial charge >= 0.3 is 0 Å². The molecule has 0 aromatic heterocycles. The van der Waals surface area contributed by atoms with E-state index in [1.54, 1.807) is 11.8 Å². The third-order valence-electron chi connectivity index (χ3n) is 2.67. The lowest BCUT2D eigenvalue weighted by Gasteiger charge is -2.22. The van der Waals surface area contributed by atoms with Crippen molar-refractivity contribution >= 4 is 17.5 Å². The lowest BCUT2D eigenvalue weighted by Crippen LogP contribution is -2.21. The van der Waals surface area contributed by atoms with Crippen molar-refractivity contribution in [2.24, 2.45) is 5.16 Å². The highest BCUT2D eigenvalue weighted by Crippen LogP contribution is 2.31. The van der Waals surface area contributed by atoms with Gasteiger partial charge in [-0.25, -0.2) is 0 Å². The summed E-state index contributed by atoms with van der Waals surface area (Å²) in [5.41, 5.74) is 0.954. The molecule has 1 fully saturated rings. The van der Waals surface area contributed by atoms with Crippen molar-refractivity contribution in [2.45, 2.75) is 35.8 Å². The van der Waals surface area contributed by atoms with E-state index in [0.717, 1.165) is 25.0 Å². The number of nitrogens with zero attached hydrogens (tertiary/aromatic N) is 1. The van der Waals surface area contributed by atoms with E-state index in [-0.39, 0.29) is 0 Å². The van der Waals surface area contributed by atoms with E-state index in [0.29, 0.717) is 5.25 Å². The minimum absolute atomic E-state index is 0.367. The summed E-state index contributed by atoms with van der Waals surface area (Å²) in [6.07, 6.45) is 4.47. The zero-order valence-electron chi connectivity index (χ0n) is 8.60. The number of hydrogen-bond acceptors (Lipinski definition) is 3. The van der Waals surface area contributed by atoms with Gasteiger partial charge in [-0.05, 0) is 31.4 Å². The maximum Gasteiger partial charge on any atom is 0.0704 e. The van der Waals surface area contributed by atoms with Crippen molar-refractivity contribution in [1.82, 2.24) is 0 Å². The number of oxime groups is 1. The van der Waals surface area contributed by atoms with E-state index in [4.69, 9.17) is 5.21 Å². The lowest BCUT2D eigenvalue weighted by molar-refractivity contribution is 0.314. The fraction of sp³-hybridized carbons (Fsp3) is 0.417. The minimum atomic E-state index is 0.367. The molecule has 1 unspecified atom stereocenters. The fourth-order valence-electron chi connectivity index (χ4n) is 1.87. The highest BCUT2D eigenvalue weighted by molar-refractivity contribution is 8.00. The van der Waals surface area contributed by atoms with Crippen molar-refractivity contribution in [3.05, 3.63) is 30.3 Å².